The summed E-state index contributed by atoms with van der Waals surface area (Å²) in [5.74, 6) is 1.07. The predicted octanol–water partition coefficient (Wildman–Crippen LogP) is 8.06. The maximum Gasteiger partial charge on any atom is 0.162 e. The molecule has 0 saturated carbocycles. The van der Waals surface area contributed by atoms with Gasteiger partial charge in [0.05, 0.1) is 23.8 Å². The third kappa shape index (κ3) is 5.30. The van der Waals surface area contributed by atoms with Gasteiger partial charge in [-0.25, -0.2) is 0 Å². The van der Waals surface area contributed by atoms with E-state index < -0.39 is 0 Å². The van der Waals surface area contributed by atoms with Gasteiger partial charge in [-0.05, 0) is 42.0 Å². The molecule has 3 nitrogen and oxygen atoms in total. The van der Waals surface area contributed by atoms with Crippen LogP contribution in [0.3, 0.4) is 0 Å². The first-order valence-electron chi connectivity index (χ1n) is 8.74. The van der Waals surface area contributed by atoms with Crippen molar-refractivity contribution in [2.24, 2.45) is 0 Å². The van der Waals surface area contributed by atoms with Gasteiger partial charge in [-0.3, -0.25) is 0 Å². The summed E-state index contributed by atoms with van der Waals surface area (Å²) < 4.78 is 12.1. The molecule has 7 heteroatoms. The van der Waals surface area contributed by atoms with Gasteiger partial charge < -0.3 is 9.47 Å². The number of methoxy groups -OCH3 is 1. The van der Waals surface area contributed by atoms with Crippen molar-refractivity contribution in [3.8, 4) is 17.6 Å². The van der Waals surface area contributed by atoms with Crippen molar-refractivity contribution >= 4 is 62.4 Å². The smallest absolute Gasteiger partial charge is 0.162 e. The van der Waals surface area contributed by atoms with Crippen LogP contribution in [0.4, 0.5) is 0 Å². The number of hydrogen-bond acceptors (Lipinski definition) is 3. The van der Waals surface area contributed by atoms with Gasteiger partial charge in [0.25, 0.3) is 0 Å². The van der Waals surface area contributed by atoms with Crippen LogP contribution in [0.2, 0.25) is 15.1 Å². The molecule has 0 N–H and O–H groups in total. The van der Waals surface area contributed by atoms with E-state index in [1.165, 1.54) is 0 Å². The Morgan fingerprint density at radius 1 is 1.03 bits per heavy atom. The second kappa shape index (κ2) is 10.2. The van der Waals surface area contributed by atoms with E-state index in [4.69, 9.17) is 44.3 Å². The van der Waals surface area contributed by atoms with Gasteiger partial charge in [-0.15, -0.1) is 0 Å². The van der Waals surface area contributed by atoms with E-state index in [1.54, 1.807) is 43.5 Å². The molecular formula is C23H15BrCl3NO2. The van der Waals surface area contributed by atoms with Crippen LogP contribution in [0.25, 0.3) is 11.6 Å². The number of benzene rings is 3. The van der Waals surface area contributed by atoms with Crippen molar-refractivity contribution in [1.82, 2.24) is 0 Å². The molecule has 0 aromatic heterocycles. The zero-order valence-electron chi connectivity index (χ0n) is 15.8. The molecule has 0 aliphatic heterocycles. The zero-order chi connectivity index (χ0) is 21.7. The number of halogens is 4. The van der Waals surface area contributed by atoms with Gasteiger partial charge in [-0.2, -0.15) is 5.26 Å². The summed E-state index contributed by atoms with van der Waals surface area (Å²) in [7, 11) is 1.56. The van der Waals surface area contributed by atoms with Gasteiger partial charge in [-0.1, -0.05) is 75.0 Å². The topological polar surface area (TPSA) is 42.2 Å². The molecular weight excluding hydrogens is 509 g/mol. The maximum absolute atomic E-state index is 9.65. The van der Waals surface area contributed by atoms with Crippen LogP contribution in [0.1, 0.15) is 16.7 Å². The summed E-state index contributed by atoms with van der Waals surface area (Å²) in [5, 5.41) is 11.2. The van der Waals surface area contributed by atoms with E-state index in [2.05, 4.69) is 22.0 Å². The Balaban J connectivity index is 1.94. The number of ether oxygens (including phenoxy) is 2. The average molecular weight is 524 g/mol. The molecule has 0 fully saturated rings. The molecule has 3 aromatic rings. The van der Waals surface area contributed by atoms with Crippen LogP contribution in [0.15, 0.2) is 59.1 Å². The molecule has 0 heterocycles. The first-order valence-corrected chi connectivity index (χ1v) is 10.7. The van der Waals surface area contributed by atoms with Gasteiger partial charge in [0.15, 0.2) is 11.5 Å². The lowest BCUT2D eigenvalue weighted by atomic mass is 10.0. The minimum absolute atomic E-state index is 0.293. The molecule has 30 heavy (non-hydrogen) atoms. The van der Waals surface area contributed by atoms with Gasteiger partial charge >= 0.3 is 0 Å². The van der Waals surface area contributed by atoms with Crippen LogP contribution >= 0.6 is 50.7 Å². The Morgan fingerprint density at radius 2 is 1.80 bits per heavy atom. The molecule has 0 amide bonds. The Kier molecular flexibility index (Phi) is 7.69. The van der Waals surface area contributed by atoms with E-state index in [0.29, 0.717) is 44.3 Å². The maximum atomic E-state index is 9.65. The number of nitriles is 1. The number of hydrogen-bond donors (Lipinski definition) is 0. The summed E-state index contributed by atoms with van der Waals surface area (Å²) in [6, 6.07) is 18.2. The SMILES string of the molecule is COc1cc(C=C(C#N)c2ccc(Cl)cc2Cl)c(Br)cc1OCc1ccccc1Cl. The standard InChI is InChI=1S/C23H15BrCl3NO2/c1-29-22-9-15(8-16(12-28)18-7-6-17(25)10-21(18)27)19(24)11-23(22)30-13-14-4-2-3-5-20(14)26/h2-11H,13H2,1H3. The second-order valence-corrected chi connectivity index (χ2v) is 8.30. The molecule has 0 unspecified atom stereocenters. The van der Waals surface area contributed by atoms with Crippen molar-refractivity contribution in [3.63, 3.8) is 0 Å². The zero-order valence-corrected chi connectivity index (χ0v) is 19.6. The quantitative estimate of drug-likeness (QED) is 0.242. The average Bonchev–Trinajstić information content (AvgIpc) is 2.73. The van der Waals surface area contributed by atoms with Gasteiger partial charge in [0.2, 0.25) is 0 Å². The number of nitrogens with zero attached hydrogens (tertiary/aromatic N) is 1. The van der Waals surface area contributed by atoms with Crippen LogP contribution < -0.4 is 9.47 Å². The van der Waals surface area contributed by atoms with Crippen molar-refractivity contribution in [3.05, 3.63) is 90.8 Å². The molecule has 0 spiro atoms. The van der Waals surface area contributed by atoms with Gasteiger partial charge in [0, 0.05) is 25.6 Å². The monoisotopic (exact) mass is 521 g/mol. The van der Waals surface area contributed by atoms with Crippen molar-refractivity contribution < 1.29 is 9.47 Å². The van der Waals surface area contributed by atoms with Crippen molar-refractivity contribution in [1.29, 1.82) is 5.26 Å². The lowest BCUT2D eigenvalue weighted by Gasteiger charge is -2.14. The largest absolute Gasteiger partial charge is 0.493 e. The predicted molar refractivity (Wildman–Crippen MR) is 126 cm³/mol. The minimum atomic E-state index is 0.293. The molecule has 152 valence electrons. The second-order valence-electron chi connectivity index (χ2n) is 6.20. The van der Waals surface area contributed by atoms with Crippen LogP contribution in [-0.4, -0.2) is 7.11 Å². The normalized spacial score (nSPS) is 11.1. The summed E-state index contributed by atoms with van der Waals surface area (Å²) in [6.45, 7) is 0.293. The highest BCUT2D eigenvalue weighted by Crippen LogP contribution is 2.37. The summed E-state index contributed by atoms with van der Waals surface area (Å²) in [5.41, 5.74) is 2.59. The molecule has 0 saturated heterocycles. The molecule has 0 bridgehead atoms. The lowest BCUT2D eigenvalue weighted by molar-refractivity contribution is 0.284. The molecule has 3 rings (SSSR count). The van der Waals surface area contributed by atoms with E-state index >= 15 is 0 Å². The minimum Gasteiger partial charge on any atom is -0.493 e. The van der Waals surface area contributed by atoms with Crippen LogP contribution in [-0.2, 0) is 6.61 Å². The highest BCUT2D eigenvalue weighted by atomic mass is 79.9. The molecule has 0 atom stereocenters. The molecule has 0 aliphatic carbocycles. The van der Waals surface area contributed by atoms with Crippen molar-refractivity contribution in [2.45, 2.75) is 6.61 Å². The lowest BCUT2D eigenvalue weighted by Crippen LogP contribution is -1.99. The van der Waals surface area contributed by atoms with Crippen LogP contribution in [0, 0.1) is 11.3 Å². The van der Waals surface area contributed by atoms with Crippen molar-refractivity contribution in [2.75, 3.05) is 7.11 Å². The Hall–Kier alpha value is -2.16. The highest BCUT2D eigenvalue weighted by Gasteiger charge is 2.13. The fraction of sp³-hybridized carbons (Fsp3) is 0.0870. The van der Waals surface area contributed by atoms with E-state index in [1.807, 2.05) is 24.3 Å². The Bertz CT molecular complexity index is 1160. The van der Waals surface area contributed by atoms with Gasteiger partial charge in [0.1, 0.15) is 6.61 Å². The summed E-state index contributed by atoms with van der Waals surface area (Å²) >= 11 is 22.0. The summed E-state index contributed by atoms with van der Waals surface area (Å²) in [6.07, 6.45) is 1.72. The first kappa shape index (κ1) is 22.5. The van der Waals surface area contributed by atoms with Crippen LogP contribution in [0.5, 0.6) is 11.5 Å². The summed E-state index contributed by atoms with van der Waals surface area (Å²) in [4.78, 5) is 0. The fourth-order valence-corrected chi connectivity index (χ4v) is 3.88. The molecule has 0 aliphatic rings. The van der Waals surface area contributed by atoms with E-state index in [-0.39, 0.29) is 0 Å². The number of allylic oxidation sites excluding steroid dienone is 1. The Morgan fingerprint density at radius 3 is 2.47 bits per heavy atom. The highest BCUT2D eigenvalue weighted by molar-refractivity contribution is 9.10. The molecule has 0 radical (unpaired) electrons. The Labute approximate surface area is 198 Å². The van der Waals surface area contributed by atoms with E-state index in [9.17, 15) is 5.26 Å². The first-order chi connectivity index (χ1) is 14.4. The fourth-order valence-electron chi connectivity index (χ4n) is 2.74. The third-order valence-corrected chi connectivity index (χ3v) is 5.87. The van der Waals surface area contributed by atoms with E-state index in [0.717, 1.165) is 15.6 Å². The molecule has 3 aromatic carbocycles. The third-order valence-electron chi connectivity index (χ3n) is 4.27. The number of rotatable bonds is 6.